The second-order valence-corrected chi connectivity index (χ2v) is 14.9. The number of benzene rings is 10. The summed E-state index contributed by atoms with van der Waals surface area (Å²) in [6.07, 6.45) is 0. The lowest BCUT2D eigenvalue weighted by Crippen LogP contribution is -2.09. The molecule has 0 unspecified atom stereocenters. The Kier molecular flexibility index (Phi) is 8.19. The van der Waals surface area contributed by atoms with Gasteiger partial charge in [-0.15, -0.1) is 0 Å². The van der Waals surface area contributed by atoms with E-state index in [0.29, 0.717) is 0 Å². The quantitative estimate of drug-likeness (QED) is 0.158. The third-order valence-corrected chi connectivity index (χ3v) is 11.5. The van der Waals surface area contributed by atoms with Gasteiger partial charge in [0.05, 0.1) is 11.0 Å². The van der Waals surface area contributed by atoms with Crippen LogP contribution in [-0.2, 0) is 0 Å². The van der Waals surface area contributed by atoms with Crippen molar-refractivity contribution < 1.29 is 0 Å². The molecule has 0 fully saturated rings. The Hall–Kier alpha value is -7.68. The molecule has 0 saturated carbocycles. The highest BCUT2D eigenvalue weighted by atomic mass is 15.1. The van der Waals surface area contributed by atoms with Gasteiger partial charge in [0.2, 0.25) is 0 Å². The molecule has 0 atom stereocenters. The van der Waals surface area contributed by atoms with Crippen LogP contribution in [0.4, 0.5) is 17.1 Å². The molecule has 10 aromatic carbocycles. The first-order chi connectivity index (χ1) is 28.8. The summed E-state index contributed by atoms with van der Waals surface area (Å²) in [5.41, 5.74) is 14.1. The molecule has 11 rings (SSSR count). The van der Waals surface area contributed by atoms with Crippen LogP contribution in [0.3, 0.4) is 0 Å². The van der Waals surface area contributed by atoms with Crippen molar-refractivity contribution in [3.05, 3.63) is 231 Å². The third kappa shape index (κ3) is 5.74. The van der Waals surface area contributed by atoms with E-state index in [2.05, 4.69) is 240 Å². The van der Waals surface area contributed by atoms with E-state index in [9.17, 15) is 0 Å². The Morgan fingerprint density at radius 2 is 0.862 bits per heavy atom. The summed E-state index contributed by atoms with van der Waals surface area (Å²) in [5.74, 6) is 0. The van der Waals surface area contributed by atoms with E-state index in [1.165, 1.54) is 76.7 Å². The molecular formula is C56H38N2. The second kappa shape index (κ2) is 14.1. The zero-order chi connectivity index (χ0) is 38.4. The number of rotatable bonds is 7. The number of para-hydroxylation sites is 3. The summed E-state index contributed by atoms with van der Waals surface area (Å²) in [6.45, 7) is 0. The SMILES string of the molecule is c1ccc(N(c2ccc(-c3ccc(-c4cccc5ccccc45)cc3)cc2)c2cccc(-c3c4ccccc4cc4c3c3ccccc3n4-c3ccccc3)c2)cc1. The van der Waals surface area contributed by atoms with Gasteiger partial charge in [0.25, 0.3) is 0 Å². The Bertz CT molecular complexity index is 3250. The van der Waals surface area contributed by atoms with Crippen LogP contribution in [0.1, 0.15) is 0 Å². The van der Waals surface area contributed by atoms with Crippen molar-refractivity contribution >= 4 is 60.4 Å². The molecule has 0 saturated heterocycles. The minimum Gasteiger partial charge on any atom is -0.310 e. The van der Waals surface area contributed by atoms with Gasteiger partial charge in [0.15, 0.2) is 0 Å². The van der Waals surface area contributed by atoms with E-state index in [1.807, 2.05) is 0 Å². The molecule has 2 nitrogen and oxygen atoms in total. The van der Waals surface area contributed by atoms with E-state index < -0.39 is 0 Å². The van der Waals surface area contributed by atoms with Gasteiger partial charge in [-0.3, -0.25) is 0 Å². The number of nitrogens with zero attached hydrogens (tertiary/aromatic N) is 2. The number of hydrogen-bond donors (Lipinski definition) is 0. The van der Waals surface area contributed by atoms with Gasteiger partial charge in [0.1, 0.15) is 0 Å². The van der Waals surface area contributed by atoms with Crippen molar-refractivity contribution in [3.8, 4) is 39.1 Å². The summed E-state index contributed by atoms with van der Waals surface area (Å²) < 4.78 is 2.42. The normalized spacial score (nSPS) is 11.4. The van der Waals surface area contributed by atoms with Crippen LogP contribution in [0.15, 0.2) is 231 Å². The average Bonchev–Trinajstić information content (AvgIpc) is 3.63. The largest absolute Gasteiger partial charge is 0.310 e. The maximum Gasteiger partial charge on any atom is 0.0553 e. The monoisotopic (exact) mass is 738 g/mol. The smallest absolute Gasteiger partial charge is 0.0553 e. The first-order valence-electron chi connectivity index (χ1n) is 19.9. The van der Waals surface area contributed by atoms with Gasteiger partial charge in [-0.05, 0) is 116 Å². The van der Waals surface area contributed by atoms with Crippen LogP contribution in [0.25, 0.3) is 82.4 Å². The molecule has 0 radical (unpaired) electrons. The summed E-state index contributed by atoms with van der Waals surface area (Å²) in [4.78, 5) is 2.37. The highest BCUT2D eigenvalue weighted by Crippen LogP contribution is 2.45. The third-order valence-electron chi connectivity index (χ3n) is 11.5. The van der Waals surface area contributed by atoms with E-state index in [4.69, 9.17) is 0 Å². The molecular weight excluding hydrogens is 701 g/mol. The van der Waals surface area contributed by atoms with Crippen molar-refractivity contribution in [1.29, 1.82) is 0 Å². The average molecular weight is 739 g/mol. The fraction of sp³-hybridized carbons (Fsp3) is 0. The molecule has 0 aliphatic rings. The van der Waals surface area contributed by atoms with Crippen LogP contribution in [0, 0.1) is 0 Å². The molecule has 11 aromatic rings. The highest BCUT2D eigenvalue weighted by molar-refractivity contribution is 6.23. The van der Waals surface area contributed by atoms with Gasteiger partial charge >= 0.3 is 0 Å². The zero-order valence-electron chi connectivity index (χ0n) is 31.8. The first kappa shape index (κ1) is 33.6. The van der Waals surface area contributed by atoms with Crippen molar-refractivity contribution in [2.24, 2.45) is 0 Å². The zero-order valence-corrected chi connectivity index (χ0v) is 31.8. The van der Waals surface area contributed by atoms with Gasteiger partial charge in [-0.25, -0.2) is 0 Å². The molecule has 1 heterocycles. The van der Waals surface area contributed by atoms with Crippen LogP contribution in [-0.4, -0.2) is 4.57 Å². The second-order valence-electron chi connectivity index (χ2n) is 14.9. The van der Waals surface area contributed by atoms with E-state index in [0.717, 1.165) is 22.7 Å². The predicted molar refractivity (Wildman–Crippen MR) is 247 cm³/mol. The molecule has 0 N–H and O–H groups in total. The van der Waals surface area contributed by atoms with Crippen molar-refractivity contribution in [2.45, 2.75) is 0 Å². The van der Waals surface area contributed by atoms with Gasteiger partial charge in [-0.1, -0.05) is 170 Å². The number of fused-ring (bicyclic) bond motifs is 5. The minimum absolute atomic E-state index is 1.10. The van der Waals surface area contributed by atoms with Crippen molar-refractivity contribution in [3.63, 3.8) is 0 Å². The van der Waals surface area contributed by atoms with E-state index >= 15 is 0 Å². The summed E-state index contributed by atoms with van der Waals surface area (Å²) in [5, 5.41) is 7.50. The van der Waals surface area contributed by atoms with E-state index in [-0.39, 0.29) is 0 Å². The summed E-state index contributed by atoms with van der Waals surface area (Å²) >= 11 is 0. The van der Waals surface area contributed by atoms with Crippen LogP contribution >= 0.6 is 0 Å². The fourth-order valence-electron chi connectivity index (χ4n) is 8.89. The van der Waals surface area contributed by atoms with Crippen LogP contribution in [0.5, 0.6) is 0 Å². The first-order valence-corrected chi connectivity index (χ1v) is 19.9. The molecule has 0 amide bonds. The maximum atomic E-state index is 2.42. The molecule has 0 aliphatic heterocycles. The molecule has 2 heteroatoms. The van der Waals surface area contributed by atoms with Gasteiger partial charge in [0, 0.05) is 33.5 Å². The molecule has 272 valence electrons. The van der Waals surface area contributed by atoms with Crippen LogP contribution in [0.2, 0.25) is 0 Å². The molecule has 1 aromatic heterocycles. The molecule has 58 heavy (non-hydrogen) atoms. The standard InChI is InChI=1S/C56H38N2/c1-3-19-45(20-4-1)57(47-35-33-40(34-36-47)39-29-31-42(32-30-39)50-27-14-17-41-15-7-9-24-49(41)50)48-23-13-18-44(37-48)55-51-25-10-8-16-43(51)38-54-56(55)52-26-11-12-28-53(52)58(54)46-21-5-2-6-22-46/h1-38H. The Morgan fingerprint density at radius 3 is 1.64 bits per heavy atom. The van der Waals surface area contributed by atoms with Crippen LogP contribution < -0.4 is 4.90 Å². The lowest BCUT2D eigenvalue weighted by Gasteiger charge is -2.26. The molecule has 0 aliphatic carbocycles. The topological polar surface area (TPSA) is 8.17 Å². The Morgan fingerprint density at radius 1 is 0.310 bits per heavy atom. The predicted octanol–water partition coefficient (Wildman–Crippen LogP) is 15.6. The molecule has 0 spiro atoms. The lowest BCUT2D eigenvalue weighted by molar-refractivity contribution is 1.18. The number of anilines is 3. The van der Waals surface area contributed by atoms with Crippen molar-refractivity contribution in [2.75, 3.05) is 4.90 Å². The highest BCUT2D eigenvalue weighted by Gasteiger charge is 2.21. The van der Waals surface area contributed by atoms with Gasteiger partial charge < -0.3 is 9.47 Å². The Labute approximate surface area is 338 Å². The summed E-state index contributed by atoms with van der Waals surface area (Å²) in [6, 6.07) is 83.6. The fourth-order valence-corrected chi connectivity index (χ4v) is 8.89. The Balaban J connectivity index is 1.03. The minimum atomic E-state index is 1.10. The lowest BCUT2D eigenvalue weighted by atomic mass is 9.92. The van der Waals surface area contributed by atoms with E-state index in [1.54, 1.807) is 0 Å². The van der Waals surface area contributed by atoms with Gasteiger partial charge in [-0.2, -0.15) is 0 Å². The number of aromatic nitrogens is 1. The number of hydrogen-bond acceptors (Lipinski definition) is 1. The molecule has 0 bridgehead atoms. The van der Waals surface area contributed by atoms with Crippen molar-refractivity contribution in [1.82, 2.24) is 4.57 Å². The summed E-state index contributed by atoms with van der Waals surface area (Å²) in [7, 11) is 0. The maximum absolute atomic E-state index is 2.42.